The summed E-state index contributed by atoms with van der Waals surface area (Å²) in [6.07, 6.45) is 5.67. The number of nitrogens with one attached hydrogen (secondary N) is 2. The van der Waals surface area contributed by atoms with Crippen LogP contribution in [0, 0.1) is 0 Å². The molecule has 4 heteroatoms. The Morgan fingerprint density at radius 3 is 2.71 bits per heavy atom. The molecule has 3 atom stereocenters. The van der Waals surface area contributed by atoms with Crippen LogP contribution >= 0.6 is 0 Å². The summed E-state index contributed by atoms with van der Waals surface area (Å²) in [5.74, 6) is 0. The Labute approximate surface area is 103 Å². The van der Waals surface area contributed by atoms with Crippen LogP contribution in [0.5, 0.6) is 0 Å². The van der Waals surface area contributed by atoms with Crippen LogP contribution in [0.3, 0.4) is 0 Å². The van der Waals surface area contributed by atoms with Gasteiger partial charge in [0.1, 0.15) is 5.60 Å². The smallest absolute Gasteiger partial charge is 0.407 e. The first-order valence-electron chi connectivity index (χ1n) is 6.69. The number of ether oxygens (including phenoxy) is 1. The number of amides is 1. The second-order valence-electron chi connectivity index (χ2n) is 6.23. The lowest BCUT2D eigenvalue weighted by Gasteiger charge is -2.41. The molecule has 0 saturated carbocycles. The van der Waals surface area contributed by atoms with Gasteiger partial charge in [-0.2, -0.15) is 0 Å². The molecule has 0 aliphatic carbocycles. The van der Waals surface area contributed by atoms with Gasteiger partial charge in [0.05, 0.1) is 0 Å². The van der Waals surface area contributed by atoms with Crippen LogP contribution in [-0.2, 0) is 4.74 Å². The van der Waals surface area contributed by atoms with Gasteiger partial charge in [-0.3, -0.25) is 0 Å². The lowest BCUT2D eigenvalue weighted by Crippen LogP contribution is -2.59. The summed E-state index contributed by atoms with van der Waals surface area (Å²) < 4.78 is 5.30. The summed E-state index contributed by atoms with van der Waals surface area (Å²) in [6.45, 7) is 5.67. The van der Waals surface area contributed by atoms with Gasteiger partial charge in [0, 0.05) is 18.1 Å². The lowest BCUT2D eigenvalue weighted by molar-refractivity contribution is 0.0462. The average Bonchev–Trinajstić information content (AvgIpc) is 2.20. The number of rotatable bonds is 1. The average molecular weight is 240 g/mol. The molecule has 2 N–H and O–H groups in total. The number of carbonyl (C=O) groups excluding carboxylic acids is 1. The molecule has 2 fully saturated rings. The molecule has 0 radical (unpaired) electrons. The van der Waals surface area contributed by atoms with Crippen LogP contribution in [0.1, 0.15) is 52.9 Å². The van der Waals surface area contributed by atoms with Gasteiger partial charge in [-0.05, 0) is 46.5 Å². The first-order valence-corrected chi connectivity index (χ1v) is 6.69. The molecule has 0 aromatic rings. The third-order valence-electron chi connectivity index (χ3n) is 3.53. The van der Waals surface area contributed by atoms with Gasteiger partial charge >= 0.3 is 6.09 Å². The highest BCUT2D eigenvalue weighted by Crippen LogP contribution is 2.25. The summed E-state index contributed by atoms with van der Waals surface area (Å²) in [6, 6.07) is 1.35. The van der Waals surface area contributed by atoms with E-state index in [4.69, 9.17) is 4.74 Å². The first kappa shape index (κ1) is 12.7. The van der Waals surface area contributed by atoms with Crippen molar-refractivity contribution in [2.75, 3.05) is 0 Å². The Bertz CT molecular complexity index is 286. The molecule has 17 heavy (non-hydrogen) atoms. The highest BCUT2D eigenvalue weighted by molar-refractivity contribution is 5.68. The minimum atomic E-state index is -0.415. The third kappa shape index (κ3) is 3.60. The van der Waals surface area contributed by atoms with Crippen molar-refractivity contribution in [1.82, 2.24) is 10.6 Å². The van der Waals surface area contributed by atoms with E-state index in [0.717, 1.165) is 19.3 Å². The molecule has 2 aliphatic rings. The number of piperidine rings is 2. The van der Waals surface area contributed by atoms with E-state index in [1.807, 2.05) is 20.8 Å². The van der Waals surface area contributed by atoms with Crippen LogP contribution in [0.2, 0.25) is 0 Å². The van der Waals surface area contributed by atoms with E-state index in [1.54, 1.807) is 0 Å². The van der Waals surface area contributed by atoms with Crippen molar-refractivity contribution in [2.45, 2.75) is 76.6 Å². The van der Waals surface area contributed by atoms with Crippen molar-refractivity contribution >= 4 is 6.09 Å². The van der Waals surface area contributed by atoms with Gasteiger partial charge in [-0.25, -0.2) is 4.79 Å². The normalized spacial score (nSPS) is 33.0. The van der Waals surface area contributed by atoms with E-state index in [0.29, 0.717) is 12.1 Å². The fourth-order valence-corrected chi connectivity index (χ4v) is 2.81. The van der Waals surface area contributed by atoms with E-state index >= 15 is 0 Å². The molecule has 2 bridgehead atoms. The molecule has 0 spiro atoms. The van der Waals surface area contributed by atoms with Gasteiger partial charge in [0.15, 0.2) is 0 Å². The fraction of sp³-hybridized carbons (Fsp3) is 0.923. The SMILES string of the molecule is CC(C)(C)OC(=O)N[C@H]1CC[C@@H]2CCC[C@H]1N2. The van der Waals surface area contributed by atoms with Crippen molar-refractivity contribution in [3.63, 3.8) is 0 Å². The van der Waals surface area contributed by atoms with Crippen LogP contribution in [-0.4, -0.2) is 29.8 Å². The zero-order valence-corrected chi connectivity index (χ0v) is 11.1. The molecule has 2 heterocycles. The largest absolute Gasteiger partial charge is 0.444 e. The maximum Gasteiger partial charge on any atom is 0.407 e. The van der Waals surface area contributed by atoms with Gasteiger partial charge < -0.3 is 15.4 Å². The molecule has 0 unspecified atom stereocenters. The van der Waals surface area contributed by atoms with Gasteiger partial charge in [-0.15, -0.1) is 0 Å². The van der Waals surface area contributed by atoms with Crippen LogP contribution in [0.15, 0.2) is 0 Å². The highest BCUT2D eigenvalue weighted by atomic mass is 16.6. The Kier molecular flexibility index (Phi) is 3.61. The minimum Gasteiger partial charge on any atom is -0.444 e. The van der Waals surface area contributed by atoms with Gasteiger partial charge in [-0.1, -0.05) is 6.42 Å². The third-order valence-corrected chi connectivity index (χ3v) is 3.53. The minimum absolute atomic E-state index is 0.237. The topological polar surface area (TPSA) is 50.4 Å². The van der Waals surface area contributed by atoms with E-state index in [-0.39, 0.29) is 12.1 Å². The van der Waals surface area contributed by atoms with Crippen molar-refractivity contribution < 1.29 is 9.53 Å². The quantitative estimate of drug-likeness (QED) is 0.738. The Morgan fingerprint density at radius 2 is 2.00 bits per heavy atom. The Balaban J connectivity index is 1.84. The van der Waals surface area contributed by atoms with Crippen LogP contribution < -0.4 is 10.6 Å². The molecule has 2 aliphatic heterocycles. The van der Waals surface area contributed by atoms with E-state index in [9.17, 15) is 4.79 Å². The highest BCUT2D eigenvalue weighted by Gasteiger charge is 2.34. The Hall–Kier alpha value is -0.770. The molecule has 2 rings (SSSR count). The summed E-state index contributed by atoms with van der Waals surface area (Å²) in [5, 5.41) is 6.61. The standard InChI is InChI=1S/C13H24N2O2/c1-13(2,3)17-12(16)15-11-8-7-9-5-4-6-10(11)14-9/h9-11,14H,4-8H2,1-3H3,(H,15,16)/t9-,10+,11-/m0/s1. The predicted molar refractivity (Wildman–Crippen MR) is 67.0 cm³/mol. The first-order chi connectivity index (χ1) is 7.94. The van der Waals surface area contributed by atoms with Crippen LogP contribution in [0.25, 0.3) is 0 Å². The lowest BCUT2D eigenvalue weighted by atomic mass is 9.84. The van der Waals surface area contributed by atoms with Crippen molar-refractivity contribution in [2.24, 2.45) is 0 Å². The second-order valence-corrected chi connectivity index (χ2v) is 6.23. The summed E-state index contributed by atoms with van der Waals surface area (Å²) >= 11 is 0. The van der Waals surface area contributed by atoms with Crippen molar-refractivity contribution in [1.29, 1.82) is 0 Å². The molecule has 0 aromatic carbocycles. The van der Waals surface area contributed by atoms with Crippen molar-refractivity contribution in [3.05, 3.63) is 0 Å². The zero-order chi connectivity index (χ0) is 12.5. The Morgan fingerprint density at radius 1 is 1.24 bits per heavy atom. The molecule has 2 saturated heterocycles. The molecular weight excluding hydrogens is 216 g/mol. The molecule has 1 amide bonds. The number of fused-ring (bicyclic) bond motifs is 2. The van der Waals surface area contributed by atoms with E-state index in [1.165, 1.54) is 12.8 Å². The molecular formula is C13H24N2O2. The van der Waals surface area contributed by atoms with E-state index in [2.05, 4.69) is 10.6 Å². The number of hydrogen-bond donors (Lipinski definition) is 2. The predicted octanol–water partition coefficient (Wildman–Crippen LogP) is 2.18. The second kappa shape index (κ2) is 4.84. The zero-order valence-electron chi connectivity index (χ0n) is 11.1. The van der Waals surface area contributed by atoms with Gasteiger partial charge in [0.2, 0.25) is 0 Å². The number of alkyl carbamates (subject to hydrolysis) is 1. The molecule has 0 aromatic heterocycles. The van der Waals surface area contributed by atoms with Crippen molar-refractivity contribution in [3.8, 4) is 0 Å². The summed E-state index contributed by atoms with van der Waals surface area (Å²) in [4.78, 5) is 11.7. The molecule has 98 valence electrons. The number of carbonyl (C=O) groups is 1. The fourth-order valence-electron chi connectivity index (χ4n) is 2.81. The molecule has 4 nitrogen and oxygen atoms in total. The van der Waals surface area contributed by atoms with E-state index < -0.39 is 5.60 Å². The summed E-state index contributed by atoms with van der Waals surface area (Å²) in [5.41, 5.74) is -0.415. The van der Waals surface area contributed by atoms with Crippen LogP contribution in [0.4, 0.5) is 4.79 Å². The maximum atomic E-state index is 11.7. The van der Waals surface area contributed by atoms with Gasteiger partial charge in [0.25, 0.3) is 0 Å². The monoisotopic (exact) mass is 240 g/mol. The number of hydrogen-bond acceptors (Lipinski definition) is 3. The maximum absolute atomic E-state index is 11.7. The summed E-state index contributed by atoms with van der Waals surface area (Å²) in [7, 11) is 0.